The Morgan fingerprint density at radius 3 is 2.75 bits per heavy atom. The summed E-state index contributed by atoms with van der Waals surface area (Å²) in [4.78, 5) is 15.7. The summed E-state index contributed by atoms with van der Waals surface area (Å²) >= 11 is 6.24. The van der Waals surface area contributed by atoms with E-state index in [0.717, 1.165) is 9.37 Å². The van der Waals surface area contributed by atoms with Crippen molar-refractivity contribution in [2.45, 2.75) is 16.4 Å². The van der Waals surface area contributed by atoms with E-state index in [-0.39, 0.29) is 5.75 Å². The lowest BCUT2D eigenvalue weighted by Gasteiger charge is -1.97. The van der Waals surface area contributed by atoms with Gasteiger partial charge in [-0.3, -0.25) is 4.79 Å². The number of benzene rings is 1. The third kappa shape index (κ3) is 5.18. The molecule has 1 heterocycles. The van der Waals surface area contributed by atoms with E-state index >= 15 is 0 Å². The van der Waals surface area contributed by atoms with Gasteiger partial charge in [-0.25, -0.2) is 0 Å². The maximum absolute atomic E-state index is 10.4. The molecular formula is C12H11BrN2O3S2. The van der Waals surface area contributed by atoms with E-state index in [2.05, 4.69) is 26.1 Å². The molecule has 0 aliphatic rings. The molecule has 0 radical (unpaired) electrons. The van der Waals surface area contributed by atoms with Crippen LogP contribution < -0.4 is 0 Å². The molecule has 0 aliphatic carbocycles. The van der Waals surface area contributed by atoms with Crippen LogP contribution in [0.15, 0.2) is 38.2 Å². The first kappa shape index (κ1) is 15.4. The lowest BCUT2D eigenvalue weighted by molar-refractivity contribution is -0.133. The fourth-order valence-corrected chi connectivity index (χ4v) is 2.89. The minimum atomic E-state index is -0.847. The van der Waals surface area contributed by atoms with Gasteiger partial charge >= 0.3 is 5.97 Å². The van der Waals surface area contributed by atoms with Crippen molar-refractivity contribution in [2.75, 3.05) is 5.75 Å². The number of carboxylic acids is 1. The van der Waals surface area contributed by atoms with Crippen molar-refractivity contribution in [1.29, 1.82) is 0 Å². The quantitative estimate of drug-likeness (QED) is 0.743. The van der Waals surface area contributed by atoms with Crippen LogP contribution in [-0.2, 0) is 16.3 Å². The summed E-state index contributed by atoms with van der Waals surface area (Å²) in [5.74, 6) is 1.30. The number of nitrogens with zero attached hydrogens (tertiary/aromatic N) is 2. The molecule has 106 valence electrons. The van der Waals surface area contributed by atoms with Gasteiger partial charge in [0.2, 0.25) is 5.89 Å². The molecule has 1 aromatic heterocycles. The van der Waals surface area contributed by atoms with E-state index < -0.39 is 5.97 Å². The first-order valence-corrected chi connectivity index (χ1v) is 8.56. The zero-order chi connectivity index (χ0) is 14.4. The molecule has 1 aromatic carbocycles. The number of rotatable bonds is 7. The van der Waals surface area contributed by atoms with E-state index in [4.69, 9.17) is 9.63 Å². The van der Waals surface area contributed by atoms with Crippen molar-refractivity contribution in [2.24, 2.45) is 0 Å². The van der Waals surface area contributed by atoms with Crippen molar-refractivity contribution < 1.29 is 14.4 Å². The Hall–Kier alpha value is -0.990. The van der Waals surface area contributed by atoms with Gasteiger partial charge in [-0.15, -0.1) is 23.5 Å². The summed E-state index contributed by atoms with van der Waals surface area (Å²) < 4.78 is 6.10. The number of aliphatic carboxylic acids is 1. The smallest absolute Gasteiger partial charge is 0.313 e. The number of thioether (sulfide) groups is 2. The molecule has 1 N–H and O–H groups in total. The number of carbonyl (C=O) groups is 1. The lowest BCUT2D eigenvalue weighted by Crippen LogP contribution is -1.98. The monoisotopic (exact) mass is 374 g/mol. The molecule has 0 saturated carbocycles. The normalized spacial score (nSPS) is 10.7. The van der Waals surface area contributed by atoms with Crippen LogP contribution in [0, 0.1) is 0 Å². The molecular weight excluding hydrogens is 364 g/mol. The maximum Gasteiger partial charge on any atom is 0.313 e. The Morgan fingerprint density at radius 1 is 1.30 bits per heavy atom. The third-order valence-corrected chi connectivity index (χ3v) is 4.58. The fourth-order valence-electron chi connectivity index (χ4n) is 1.31. The number of carboxylic acid groups (broad SMARTS) is 1. The molecule has 2 aromatic rings. The highest BCUT2D eigenvalue weighted by atomic mass is 79.9. The summed E-state index contributed by atoms with van der Waals surface area (Å²) in [6.07, 6.45) is 0. The molecule has 0 spiro atoms. The van der Waals surface area contributed by atoms with Crippen LogP contribution in [0.5, 0.6) is 0 Å². The van der Waals surface area contributed by atoms with Gasteiger partial charge in [-0.05, 0) is 24.3 Å². The molecule has 20 heavy (non-hydrogen) atoms. The first-order chi connectivity index (χ1) is 9.63. The van der Waals surface area contributed by atoms with E-state index in [1.165, 1.54) is 11.8 Å². The molecule has 0 amide bonds. The highest BCUT2D eigenvalue weighted by Crippen LogP contribution is 2.23. The van der Waals surface area contributed by atoms with Crippen LogP contribution in [0.4, 0.5) is 0 Å². The highest BCUT2D eigenvalue weighted by molar-refractivity contribution is 9.10. The highest BCUT2D eigenvalue weighted by Gasteiger charge is 2.08. The van der Waals surface area contributed by atoms with Crippen molar-refractivity contribution >= 4 is 45.4 Å². The van der Waals surface area contributed by atoms with Gasteiger partial charge in [0.05, 0.1) is 17.3 Å². The van der Waals surface area contributed by atoms with Crippen molar-refractivity contribution in [1.82, 2.24) is 10.1 Å². The third-order valence-electron chi connectivity index (χ3n) is 2.14. The topological polar surface area (TPSA) is 76.2 Å². The summed E-state index contributed by atoms with van der Waals surface area (Å²) in [5.41, 5.74) is 0. The van der Waals surface area contributed by atoms with Gasteiger partial charge in [-0.1, -0.05) is 21.1 Å². The van der Waals surface area contributed by atoms with Crippen molar-refractivity contribution in [3.63, 3.8) is 0 Å². The average Bonchev–Trinajstić information content (AvgIpc) is 2.86. The molecule has 0 bridgehead atoms. The average molecular weight is 375 g/mol. The Labute approximate surface area is 132 Å². The van der Waals surface area contributed by atoms with E-state index in [9.17, 15) is 4.79 Å². The molecule has 8 heteroatoms. The molecule has 0 aliphatic heterocycles. The van der Waals surface area contributed by atoms with Crippen LogP contribution in [0.2, 0.25) is 0 Å². The first-order valence-electron chi connectivity index (χ1n) is 5.63. The second kappa shape index (κ2) is 7.70. The van der Waals surface area contributed by atoms with Crippen LogP contribution >= 0.6 is 39.5 Å². The summed E-state index contributed by atoms with van der Waals surface area (Å²) in [6.45, 7) is 0. The van der Waals surface area contributed by atoms with Crippen LogP contribution in [0.3, 0.4) is 0 Å². The van der Waals surface area contributed by atoms with Gasteiger partial charge < -0.3 is 9.63 Å². The van der Waals surface area contributed by atoms with Crippen LogP contribution in [0.25, 0.3) is 0 Å². The standard InChI is InChI=1S/C12H11BrN2O3S2/c13-8-1-3-9(4-2-8)20-5-10-14-11(18-15-10)6-19-7-12(16)17/h1-4H,5-7H2,(H,16,17). The predicted molar refractivity (Wildman–Crippen MR) is 81.8 cm³/mol. The Kier molecular flexibility index (Phi) is 5.93. The second-order valence-corrected chi connectivity index (χ2v) is 6.68. The minimum Gasteiger partial charge on any atom is -0.481 e. The fraction of sp³-hybridized carbons (Fsp3) is 0.250. The van der Waals surface area contributed by atoms with Gasteiger partial charge in [0.15, 0.2) is 5.82 Å². The maximum atomic E-state index is 10.4. The zero-order valence-electron chi connectivity index (χ0n) is 10.3. The van der Waals surface area contributed by atoms with E-state index in [0.29, 0.717) is 23.2 Å². The Bertz CT molecular complexity index is 574. The zero-order valence-corrected chi connectivity index (χ0v) is 13.5. The number of aromatic nitrogens is 2. The molecule has 0 fully saturated rings. The number of hydrogen-bond acceptors (Lipinski definition) is 6. The van der Waals surface area contributed by atoms with Crippen LogP contribution in [0.1, 0.15) is 11.7 Å². The van der Waals surface area contributed by atoms with Gasteiger partial charge in [0.1, 0.15) is 0 Å². The van der Waals surface area contributed by atoms with E-state index in [1.807, 2.05) is 24.3 Å². The molecule has 2 rings (SSSR count). The Morgan fingerprint density at radius 2 is 2.05 bits per heavy atom. The summed E-state index contributed by atoms with van der Waals surface area (Å²) in [5, 5.41) is 12.4. The van der Waals surface area contributed by atoms with Crippen molar-refractivity contribution in [3.8, 4) is 0 Å². The lowest BCUT2D eigenvalue weighted by atomic mass is 10.4. The largest absolute Gasteiger partial charge is 0.481 e. The predicted octanol–water partition coefficient (Wildman–Crippen LogP) is 3.44. The van der Waals surface area contributed by atoms with Gasteiger partial charge in [0.25, 0.3) is 0 Å². The van der Waals surface area contributed by atoms with E-state index in [1.54, 1.807) is 11.8 Å². The van der Waals surface area contributed by atoms with Crippen LogP contribution in [-0.4, -0.2) is 27.0 Å². The van der Waals surface area contributed by atoms with Gasteiger partial charge in [0, 0.05) is 9.37 Å². The molecule has 0 atom stereocenters. The molecule has 0 saturated heterocycles. The van der Waals surface area contributed by atoms with Crippen molar-refractivity contribution in [3.05, 3.63) is 40.5 Å². The van der Waals surface area contributed by atoms with Gasteiger partial charge in [-0.2, -0.15) is 4.98 Å². The Balaban J connectivity index is 1.80. The summed E-state index contributed by atoms with van der Waals surface area (Å²) in [7, 11) is 0. The molecule has 0 unspecified atom stereocenters. The number of hydrogen-bond donors (Lipinski definition) is 1. The molecule has 5 nitrogen and oxygen atoms in total. The SMILES string of the molecule is O=C(O)CSCc1nc(CSc2ccc(Br)cc2)no1. The summed E-state index contributed by atoms with van der Waals surface area (Å²) in [6, 6.07) is 7.98. The minimum absolute atomic E-state index is 0.0331. The number of halogens is 1. The second-order valence-electron chi connectivity index (χ2n) is 3.73.